The molecule has 5 heteroatoms. The average Bonchev–Trinajstić information content (AvgIpc) is 2.47. The van der Waals surface area contributed by atoms with Crippen molar-refractivity contribution in [1.29, 1.82) is 0 Å². The second kappa shape index (κ2) is 5.93. The van der Waals surface area contributed by atoms with Crippen LogP contribution in [0.3, 0.4) is 0 Å². The summed E-state index contributed by atoms with van der Waals surface area (Å²) in [6.07, 6.45) is 1.81. The summed E-state index contributed by atoms with van der Waals surface area (Å²) in [6, 6.07) is 4.61. The molecule has 104 valence electrons. The molecule has 1 amide bonds. The highest BCUT2D eigenvalue weighted by atomic mass is 16.5. The molecule has 1 atom stereocenters. The van der Waals surface area contributed by atoms with Crippen molar-refractivity contribution in [2.45, 2.75) is 12.8 Å². The zero-order valence-electron chi connectivity index (χ0n) is 11.0. The fourth-order valence-electron chi connectivity index (χ4n) is 2.38. The molecule has 1 unspecified atom stereocenters. The van der Waals surface area contributed by atoms with Crippen molar-refractivity contribution in [1.82, 2.24) is 4.90 Å². The maximum atomic E-state index is 12.4. The van der Waals surface area contributed by atoms with Crippen LogP contribution in [-0.2, 0) is 0 Å². The third-order valence-corrected chi connectivity index (χ3v) is 3.50. The SMILES string of the molecule is COc1ccc(O)c(C(=O)N2CCCC(CO)C2)c1. The highest BCUT2D eigenvalue weighted by Gasteiger charge is 2.25. The molecule has 19 heavy (non-hydrogen) atoms. The van der Waals surface area contributed by atoms with E-state index >= 15 is 0 Å². The molecule has 1 saturated heterocycles. The number of hydrogen-bond donors (Lipinski definition) is 2. The Morgan fingerprint density at radius 2 is 2.32 bits per heavy atom. The van der Waals surface area contributed by atoms with Gasteiger partial charge in [-0.15, -0.1) is 0 Å². The standard InChI is InChI=1S/C14H19NO4/c1-19-11-4-5-13(17)12(7-11)14(18)15-6-2-3-10(8-15)9-16/h4-5,7,10,16-17H,2-3,6,8-9H2,1H3. The van der Waals surface area contributed by atoms with E-state index in [9.17, 15) is 15.0 Å². The third kappa shape index (κ3) is 2.98. The fraction of sp³-hybridized carbons (Fsp3) is 0.500. The van der Waals surface area contributed by atoms with E-state index in [1.165, 1.54) is 13.2 Å². The van der Waals surface area contributed by atoms with Crippen LogP contribution in [0.25, 0.3) is 0 Å². The van der Waals surface area contributed by atoms with Gasteiger partial charge in [-0.25, -0.2) is 0 Å². The number of phenols is 1. The summed E-state index contributed by atoms with van der Waals surface area (Å²) in [5.41, 5.74) is 0.248. The zero-order chi connectivity index (χ0) is 13.8. The lowest BCUT2D eigenvalue weighted by molar-refractivity contribution is 0.0617. The first-order chi connectivity index (χ1) is 9.15. The number of aliphatic hydroxyl groups excluding tert-OH is 1. The fourth-order valence-corrected chi connectivity index (χ4v) is 2.38. The molecule has 2 rings (SSSR count). The van der Waals surface area contributed by atoms with E-state index < -0.39 is 0 Å². The number of rotatable bonds is 3. The number of aromatic hydroxyl groups is 1. The van der Waals surface area contributed by atoms with E-state index in [2.05, 4.69) is 0 Å². The van der Waals surface area contributed by atoms with Crippen molar-refractivity contribution in [3.8, 4) is 11.5 Å². The lowest BCUT2D eigenvalue weighted by Crippen LogP contribution is -2.40. The van der Waals surface area contributed by atoms with Gasteiger partial charge in [0.05, 0.1) is 12.7 Å². The molecule has 1 aromatic rings. The van der Waals surface area contributed by atoms with E-state index in [4.69, 9.17) is 4.74 Å². The van der Waals surface area contributed by atoms with Gasteiger partial charge in [0.25, 0.3) is 5.91 Å². The molecule has 1 aliphatic heterocycles. The number of benzene rings is 1. The van der Waals surface area contributed by atoms with Gasteiger partial charge in [-0.2, -0.15) is 0 Å². The maximum absolute atomic E-state index is 12.4. The van der Waals surface area contributed by atoms with E-state index in [0.29, 0.717) is 18.8 Å². The Morgan fingerprint density at radius 1 is 1.53 bits per heavy atom. The van der Waals surface area contributed by atoms with E-state index in [1.54, 1.807) is 17.0 Å². The van der Waals surface area contributed by atoms with E-state index in [0.717, 1.165) is 12.8 Å². The number of carbonyl (C=O) groups is 1. The Labute approximate surface area is 112 Å². The molecule has 0 aliphatic carbocycles. The van der Waals surface area contributed by atoms with Crippen LogP contribution in [0.1, 0.15) is 23.2 Å². The number of hydrogen-bond acceptors (Lipinski definition) is 4. The van der Waals surface area contributed by atoms with E-state index in [1.807, 2.05) is 0 Å². The van der Waals surface area contributed by atoms with E-state index in [-0.39, 0.29) is 29.7 Å². The first-order valence-corrected chi connectivity index (χ1v) is 6.43. The summed E-state index contributed by atoms with van der Waals surface area (Å²) >= 11 is 0. The second-order valence-corrected chi connectivity index (χ2v) is 4.83. The normalized spacial score (nSPS) is 19.3. The minimum absolute atomic E-state index is 0.0445. The molecule has 1 heterocycles. The van der Waals surface area contributed by atoms with Crippen molar-refractivity contribution in [2.24, 2.45) is 5.92 Å². The Balaban J connectivity index is 2.18. The predicted molar refractivity (Wildman–Crippen MR) is 70.4 cm³/mol. The quantitative estimate of drug-likeness (QED) is 0.863. The molecule has 5 nitrogen and oxygen atoms in total. The second-order valence-electron chi connectivity index (χ2n) is 4.83. The number of carbonyl (C=O) groups excluding carboxylic acids is 1. The Kier molecular flexibility index (Phi) is 4.27. The van der Waals surface area contributed by atoms with Crippen LogP contribution in [0, 0.1) is 5.92 Å². The van der Waals surface area contributed by atoms with Crippen LogP contribution in [0.4, 0.5) is 0 Å². The van der Waals surface area contributed by atoms with Crippen LogP contribution in [0.15, 0.2) is 18.2 Å². The summed E-state index contributed by atoms with van der Waals surface area (Å²) in [5.74, 6) is 0.411. The first kappa shape index (κ1) is 13.7. The monoisotopic (exact) mass is 265 g/mol. The molecule has 2 N–H and O–H groups in total. The number of nitrogens with zero attached hydrogens (tertiary/aromatic N) is 1. The molecule has 1 aromatic carbocycles. The van der Waals surface area contributed by atoms with Gasteiger partial charge in [0.2, 0.25) is 0 Å². The summed E-state index contributed by atoms with van der Waals surface area (Å²) < 4.78 is 5.07. The first-order valence-electron chi connectivity index (χ1n) is 6.43. The maximum Gasteiger partial charge on any atom is 0.257 e. The molecular weight excluding hydrogens is 246 g/mol. The van der Waals surface area contributed by atoms with Crippen molar-refractivity contribution in [3.05, 3.63) is 23.8 Å². The highest BCUT2D eigenvalue weighted by molar-refractivity contribution is 5.97. The minimum Gasteiger partial charge on any atom is -0.507 e. The van der Waals surface area contributed by atoms with Gasteiger partial charge in [0, 0.05) is 19.7 Å². The average molecular weight is 265 g/mol. The molecule has 1 fully saturated rings. The molecule has 0 aromatic heterocycles. The number of piperidine rings is 1. The van der Waals surface area contributed by atoms with Gasteiger partial charge in [-0.3, -0.25) is 4.79 Å². The topological polar surface area (TPSA) is 70.0 Å². The number of likely N-dealkylation sites (tertiary alicyclic amines) is 1. The Hall–Kier alpha value is -1.75. The van der Waals surface area contributed by atoms with Gasteiger partial charge in [-0.05, 0) is 37.0 Å². The van der Waals surface area contributed by atoms with Crippen molar-refractivity contribution in [2.75, 3.05) is 26.8 Å². The van der Waals surface area contributed by atoms with Crippen molar-refractivity contribution >= 4 is 5.91 Å². The molecular formula is C14H19NO4. The Morgan fingerprint density at radius 3 is 3.00 bits per heavy atom. The smallest absolute Gasteiger partial charge is 0.257 e. The zero-order valence-corrected chi connectivity index (χ0v) is 11.0. The molecule has 0 saturated carbocycles. The lowest BCUT2D eigenvalue weighted by atomic mass is 9.98. The highest BCUT2D eigenvalue weighted by Crippen LogP contribution is 2.26. The number of phenolic OH excluding ortho intramolecular Hbond substituents is 1. The summed E-state index contributed by atoms with van der Waals surface area (Å²) in [7, 11) is 1.52. The van der Waals surface area contributed by atoms with Crippen LogP contribution < -0.4 is 4.74 Å². The van der Waals surface area contributed by atoms with Crippen LogP contribution in [-0.4, -0.2) is 47.8 Å². The molecule has 0 spiro atoms. The van der Waals surface area contributed by atoms with Gasteiger partial charge in [0.1, 0.15) is 11.5 Å². The predicted octanol–water partition coefficient (Wildman–Crippen LogP) is 1.25. The Bertz CT molecular complexity index is 461. The summed E-state index contributed by atoms with van der Waals surface area (Å²) in [5, 5.41) is 19.0. The van der Waals surface area contributed by atoms with Gasteiger partial charge < -0.3 is 19.8 Å². The minimum atomic E-state index is -0.213. The molecule has 1 aliphatic rings. The summed E-state index contributed by atoms with van der Waals surface area (Å²) in [6.45, 7) is 1.28. The van der Waals surface area contributed by atoms with Gasteiger partial charge in [0.15, 0.2) is 0 Å². The van der Waals surface area contributed by atoms with Gasteiger partial charge in [-0.1, -0.05) is 0 Å². The van der Waals surface area contributed by atoms with Crippen molar-refractivity contribution in [3.63, 3.8) is 0 Å². The largest absolute Gasteiger partial charge is 0.507 e. The van der Waals surface area contributed by atoms with Crippen LogP contribution in [0.5, 0.6) is 11.5 Å². The van der Waals surface area contributed by atoms with Crippen LogP contribution in [0.2, 0.25) is 0 Å². The number of amides is 1. The third-order valence-electron chi connectivity index (χ3n) is 3.50. The number of ether oxygens (including phenoxy) is 1. The van der Waals surface area contributed by atoms with Crippen LogP contribution >= 0.6 is 0 Å². The number of aliphatic hydroxyl groups is 1. The lowest BCUT2D eigenvalue weighted by Gasteiger charge is -2.32. The molecule has 0 radical (unpaired) electrons. The molecule has 0 bridgehead atoms. The number of methoxy groups -OCH3 is 1. The van der Waals surface area contributed by atoms with Crippen molar-refractivity contribution < 1.29 is 19.7 Å². The van der Waals surface area contributed by atoms with Gasteiger partial charge >= 0.3 is 0 Å². The summed E-state index contributed by atoms with van der Waals surface area (Å²) in [4.78, 5) is 14.1.